The fourth-order valence-corrected chi connectivity index (χ4v) is 3.55. The van der Waals surface area contributed by atoms with Crippen molar-refractivity contribution in [2.75, 3.05) is 32.7 Å². The molecule has 1 unspecified atom stereocenters. The van der Waals surface area contributed by atoms with E-state index in [0.29, 0.717) is 18.0 Å². The molecule has 1 amide bonds. The minimum Gasteiger partial charge on any atom is -0.447 e. The molecule has 2 aromatic rings. The smallest absolute Gasteiger partial charge is 0.273 e. The second kappa shape index (κ2) is 11.2. The molecule has 1 fully saturated rings. The number of hydrogen-bond acceptors (Lipinski definition) is 6. The van der Waals surface area contributed by atoms with Crippen LogP contribution in [0.2, 0.25) is 0 Å². The normalized spacial score (nSPS) is 16.5. The van der Waals surface area contributed by atoms with E-state index in [4.69, 9.17) is 4.42 Å². The Hall–Kier alpha value is -2.29. The lowest BCUT2D eigenvalue weighted by Crippen LogP contribution is -2.48. The number of rotatable bonds is 10. The molecule has 0 saturated carbocycles. The lowest BCUT2D eigenvalue weighted by molar-refractivity contribution is 0.0627. The van der Waals surface area contributed by atoms with Crippen LogP contribution in [0.25, 0.3) is 0 Å². The van der Waals surface area contributed by atoms with Crippen LogP contribution < -0.4 is 5.32 Å². The predicted octanol–water partition coefficient (Wildman–Crippen LogP) is 2.41. The summed E-state index contributed by atoms with van der Waals surface area (Å²) in [6.45, 7) is 6.98. The van der Waals surface area contributed by atoms with Crippen molar-refractivity contribution in [1.29, 1.82) is 0 Å². The maximum Gasteiger partial charge on any atom is 0.273 e. The van der Waals surface area contributed by atoms with Gasteiger partial charge in [0.25, 0.3) is 5.91 Å². The Bertz CT molecular complexity index is 805. The van der Waals surface area contributed by atoms with Crippen molar-refractivity contribution in [1.82, 2.24) is 20.1 Å². The van der Waals surface area contributed by atoms with Gasteiger partial charge < -0.3 is 14.8 Å². The van der Waals surface area contributed by atoms with Crippen molar-refractivity contribution in [2.45, 2.75) is 45.4 Å². The molecule has 0 aliphatic carbocycles. The first-order valence-corrected chi connectivity index (χ1v) is 10.6. The molecule has 7 nitrogen and oxygen atoms in total. The highest BCUT2D eigenvalue weighted by Crippen LogP contribution is 2.11. The fraction of sp³-hybridized carbons (Fsp3) is 0.545. The van der Waals surface area contributed by atoms with Crippen molar-refractivity contribution in [3.8, 4) is 0 Å². The highest BCUT2D eigenvalue weighted by Gasteiger charge is 2.21. The van der Waals surface area contributed by atoms with E-state index in [1.165, 1.54) is 12.3 Å². The quantitative estimate of drug-likeness (QED) is 0.617. The summed E-state index contributed by atoms with van der Waals surface area (Å²) in [5.74, 6) is -0.253. The number of benzene rings is 1. The first-order valence-electron chi connectivity index (χ1n) is 10.6. The van der Waals surface area contributed by atoms with Crippen LogP contribution in [0.15, 0.2) is 34.9 Å². The first kappa shape index (κ1) is 22.4. The van der Waals surface area contributed by atoms with Gasteiger partial charge in [0.1, 0.15) is 12.1 Å². The third kappa shape index (κ3) is 6.62. The summed E-state index contributed by atoms with van der Waals surface area (Å²) in [4.78, 5) is 21.0. The van der Waals surface area contributed by atoms with Crippen LogP contribution in [-0.4, -0.2) is 64.6 Å². The third-order valence-corrected chi connectivity index (χ3v) is 5.37. The molecule has 164 valence electrons. The molecule has 0 bridgehead atoms. The van der Waals surface area contributed by atoms with E-state index in [1.807, 2.05) is 0 Å². The van der Waals surface area contributed by atoms with Gasteiger partial charge in [0.2, 0.25) is 5.89 Å². The van der Waals surface area contributed by atoms with Crippen LogP contribution in [0.4, 0.5) is 4.39 Å². The zero-order valence-corrected chi connectivity index (χ0v) is 17.5. The van der Waals surface area contributed by atoms with E-state index in [2.05, 4.69) is 27.0 Å². The summed E-state index contributed by atoms with van der Waals surface area (Å²) in [7, 11) is 0. The third-order valence-electron chi connectivity index (χ3n) is 5.37. The van der Waals surface area contributed by atoms with E-state index in [-0.39, 0.29) is 30.1 Å². The zero-order chi connectivity index (χ0) is 21.3. The molecule has 1 saturated heterocycles. The summed E-state index contributed by atoms with van der Waals surface area (Å²) < 4.78 is 19.1. The van der Waals surface area contributed by atoms with Crippen LogP contribution in [0.1, 0.15) is 48.1 Å². The van der Waals surface area contributed by atoms with Crippen LogP contribution in [0, 0.1) is 5.82 Å². The number of nitrogens with zero attached hydrogens (tertiary/aromatic N) is 3. The van der Waals surface area contributed by atoms with E-state index in [1.54, 1.807) is 18.2 Å². The molecule has 8 heteroatoms. The summed E-state index contributed by atoms with van der Waals surface area (Å²) in [6.07, 6.45) is 4.10. The monoisotopic (exact) mass is 418 g/mol. The van der Waals surface area contributed by atoms with Crippen molar-refractivity contribution in [2.24, 2.45) is 0 Å². The van der Waals surface area contributed by atoms with Gasteiger partial charge in [0, 0.05) is 44.8 Å². The minimum absolute atomic E-state index is 0.0970. The number of hydrogen-bond donors (Lipinski definition) is 2. The number of carbonyl (C=O) groups is 1. The number of oxazole rings is 1. The van der Waals surface area contributed by atoms with Crippen molar-refractivity contribution >= 4 is 5.91 Å². The van der Waals surface area contributed by atoms with Gasteiger partial charge in [-0.25, -0.2) is 9.37 Å². The van der Waals surface area contributed by atoms with Crippen molar-refractivity contribution < 1.29 is 18.7 Å². The van der Waals surface area contributed by atoms with Gasteiger partial charge >= 0.3 is 0 Å². The molecular weight excluding hydrogens is 387 g/mol. The number of aliphatic hydroxyl groups is 1. The largest absolute Gasteiger partial charge is 0.447 e. The maximum absolute atomic E-state index is 13.7. The number of aromatic nitrogens is 1. The first-order chi connectivity index (χ1) is 14.5. The Labute approximate surface area is 176 Å². The molecule has 3 rings (SSSR count). The van der Waals surface area contributed by atoms with Gasteiger partial charge in [-0.3, -0.25) is 14.6 Å². The van der Waals surface area contributed by atoms with E-state index in [0.717, 1.165) is 52.0 Å². The standard InChI is InChI=1S/C22H31FN4O3/c1-2-3-7-18(28)14-26-9-11-27(12-10-26)15-21-25-20(16-30-21)22(29)24-13-17-6-4-5-8-19(17)23/h4-6,8,16,18,28H,2-3,7,9-15H2,1H3,(H,24,29). The molecule has 0 radical (unpaired) electrons. The average Bonchev–Trinajstić information content (AvgIpc) is 3.21. The highest BCUT2D eigenvalue weighted by atomic mass is 19.1. The number of halogens is 1. The Morgan fingerprint density at radius 2 is 2.00 bits per heavy atom. The summed E-state index contributed by atoms with van der Waals surface area (Å²) in [6, 6.07) is 6.33. The van der Waals surface area contributed by atoms with Gasteiger partial charge in [-0.15, -0.1) is 0 Å². The second-order valence-corrected chi connectivity index (χ2v) is 7.77. The SMILES string of the molecule is CCCCC(O)CN1CCN(Cc2nc(C(=O)NCc3ccccc3F)co2)CC1. The van der Waals surface area contributed by atoms with Gasteiger partial charge in [-0.1, -0.05) is 38.0 Å². The van der Waals surface area contributed by atoms with Crippen LogP contribution in [-0.2, 0) is 13.1 Å². The number of aliphatic hydroxyl groups excluding tert-OH is 1. The van der Waals surface area contributed by atoms with Crippen LogP contribution in [0.3, 0.4) is 0 Å². The van der Waals surface area contributed by atoms with Crippen molar-refractivity contribution in [3.05, 3.63) is 53.5 Å². The van der Waals surface area contributed by atoms with Gasteiger partial charge in [0.15, 0.2) is 5.69 Å². The Kier molecular flexibility index (Phi) is 8.36. The summed E-state index contributed by atoms with van der Waals surface area (Å²) in [5.41, 5.74) is 0.617. The van der Waals surface area contributed by atoms with E-state index < -0.39 is 0 Å². The fourth-order valence-electron chi connectivity index (χ4n) is 3.55. The number of β-amino-alcohol motifs (C(OH)–C–C–N with tert-alkyl or cyclic N) is 1. The molecule has 2 N–H and O–H groups in total. The van der Waals surface area contributed by atoms with Gasteiger partial charge in [-0.05, 0) is 12.5 Å². The number of unbranched alkanes of at least 4 members (excludes halogenated alkanes) is 1. The summed E-state index contributed by atoms with van der Waals surface area (Å²) in [5, 5.41) is 12.7. The zero-order valence-electron chi connectivity index (χ0n) is 17.5. The topological polar surface area (TPSA) is 81.8 Å². The number of amides is 1. The molecular formula is C22H31FN4O3. The second-order valence-electron chi connectivity index (χ2n) is 7.77. The van der Waals surface area contributed by atoms with Gasteiger partial charge in [0.05, 0.1) is 12.6 Å². The van der Waals surface area contributed by atoms with E-state index >= 15 is 0 Å². The number of nitrogens with one attached hydrogen (secondary N) is 1. The molecule has 1 atom stereocenters. The Balaban J connectivity index is 1.41. The lowest BCUT2D eigenvalue weighted by atomic mass is 10.1. The molecule has 0 spiro atoms. The number of piperazine rings is 1. The Morgan fingerprint density at radius 1 is 1.27 bits per heavy atom. The van der Waals surface area contributed by atoms with Gasteiger partial charge in [-0.2, -0.15) is 0 Å². The van der Waals surface area contributed by atoms with Crippen LogP contribution in [0.5, 0.6) is 0 Å². The molecule has 1 aromatic carbocycles. The highest BCUT2D eigenvalue weighted by molar-refractivity contribution is 5.91. The molecule has 1 aromatic heterocycles. The molecule has 2 heterocycles. The maximum atomic E-state index is 13.7. The molecule has 30 heavy (non-hydrogen) atoms. The number of carbonyl (C=O) groups excluding carboxylic acids is 1. The Morgan fingerprint density at radius 3 is 2.73 bits per heavy atom. The lowest BCUT2D eigenvalue weighted by Gasteiger charge is -2.35. The van der Waals surface area contributed by atoms with E-state index in [9.17, 15) is 14.3 Å². The average molecular weight is 419 g/mol. The minimum atomic E-state index is -0.390. The molecule has 1 aliphatic heterocycles. The summed E-state index contributed by atoms with van der Waals surface area (Å²) >= 11 is 0. The van der Waals surface area contributed by atoms with Crippen molar-refractivity contribution in [3.63, 3.8) is 0 Å². The van der Waals surface area contributed by atoms with Crippen LogP contribution >= 0.6 is 0 Å². The molecule has 1 aliphatic rings. The predicted molar refractivity (Wildman–Crippen MR) is 111 cm³/mol.